The van der Waals surface area contributed by atoms with Crippen LogP contribution in [0.15, 0.2) is 96.0 Å². The Balaban J connectivity index is 1.45. The molecule has 0 saturated carbocycles. The molecule has 3 heterocycles. The van der Waals surface area contributed by atoms with Crippen molar-refractivity contribution < 1.29 is 0 Å². The molecule has 4 heteroatoms. The Morgan fingerprint density at radius 1 is 0.658 bits per heavy atom. The van der Waals surface area contributed by atoms with Crippen molar-refractivity contribution in [3.8, 4) is 11.1 Å². The average Bonchev–Trinajstić information content (AvgIpc) is 3.26. The maximum atomic E-state index is 5.01. The van der Waals surface area contributed by atoms with E-state index in [1.807, 2.05) is 0 Å². The molecule has 0 aromatic heterocycles. The second kappa shape index (κ2) is 8.10. The van der Waals surface area contributed by atoms with Gasteiger partial charge in [0.05, 0.1) is 0 Å². The van der Waals surface area contributed by atoms with Gasteiger partial charge in [0.25, 0.3) is 0 Å². The molecule has 0 bridgehead atoms. The Morgan fingerprint density at radius 2 is 1.29 bits per heavy atom. The van der Waals surface area contributed by atoms with E-state index in [0.717, 1.165) is 32.6 Å². The van der Waals surface area contributed by atoms with Gasteiger partial charge >= 0.3 is 229 Å². The Hall–Kier alpha value is -3.31. The van der Waals surface area contributed by atoms with Crippen LogP contribution in [0.5, 0.6) is 0 Å². The Kier molecular flexibility index (Phi) is 4.83. The number of benzene rings is 4. The molecule has 4 aromatic carbocycles. The zero-order valence-electron chi connectivity index (χ0n) is 22.2. The van der Waals surface area contributed by atoms with Crippen molar-refractivity contribution in [2.45, 2.75) is 29.8 Å². The zero-order chi connectivity index (χ0) is 25.5. The molecule has 1 spiro atoms. The Bertz CT molecular complexity index is 1590. The summed E-state index contributed by atoms with van der Waals surface area (Å²) < 4.78 is 3.22. The van der Waals surface area contributed by atoms with Gasteiger partial charge in [0, 0.05) is 0 Å². The van der Waals surface area contributed by atoms with Crippen LogP contribution in [0, 0.1) is 0 Å². The summed E-state index contributed by atoms with van der Waals surface area (Å²) in [5.41, 5.74) is 9.61. The summed E-state index contributed by atoms with van der Waals surface area (Å²) in [6.45, 7) is 4.21. The molecule has 0 unspecified atom stereocenters. The maximum absolute atomic E-state index is 5.01. The van der Waals surface area contributed by atoms with Gasteiger partial charge in [-0.25, -0.2) is 0 Å². The zero-order valence-corrected chi connectivity index (χ0v) is 24.3. The number of anilines is 1. The van der Waals surface area contributed by atoms with E-state index in [1.54, 1.807) is 8.79 Å². The standard InChI is InChI=1S/C34H33GeN3/c1-35(2)31-15-7-5-13-28(31)34(29-14-6-8-16-32(29)35)27-12-4-3-11-25(27)26-18-17-24(23-30(26)34)38-22-10-21-37-20-9-19-36-33(37)38/h3-8,11-18,23H,9-10,19-22H2,1-2H3. The first kappa shape index (κ1) is 22.7. The molecular weight excluding hydrogens is 523 g/mol. The molecule has 3 nitrogen and oxygen atoms in total. The quantitative estimate of drug-likeness (QED) is 0.256. The van der Waals surface area contributed by atoms with Crippen molar-refractivity contribution in [1.29, 1.82) is 0 Å². The van der Waals surface area contributed by atoms with E-state index in [2.05, 4.69) is 112 Å². The third kappa shape index (κ3) is 2.83. The fraction of sp³-hybridized carbons (Fsp3) is 0.265. The minimum atomic E-state index is -2.50. The molecule has 3 aliphatic heterocycles. The van der Waals surface area contributed by atoms with Crippen LogP contribution in [0.25, 0.3) is 11.1 Å². The normalized spacial score (nSPS) is 19.7. The molecule has 4 aliphatic rings. The Labute approximate surface area is 228 Å². The molecule has 1 aliphatic carbocycles. The summed E-state index contributed by atoms with van der Waals surface area (Å²) in [7, 11) is 0. The van der Waals surface area contributed by atoms with Crippen LogP contribution in [-0.4, -0.2) is 50.3 Å². The predicted octanol–water partition coefficient (Wildman–Crippen LogP) is 5.46. The van der Waals surface area contributed by atoms with Gasteiger partial charge in [-0.3, -0.25) is 0 Å². The third-order valence-corrected chi connectivity index (χ3v) is 17.0. The first-order valence-electron chi connectivity index (χ1n) is 14.1. The number of fused-ring (bicyclic) bond motifs is 10. The van der Waals surface area contributed by atoms with Gasteiger partial charge in [-0.1, -0.05) is 0 Å². The fourth-order valence-electron chi connectivity index (χ4n) is 7.89. The van der Waals surface area contributed by atoms with Crippen LogP contribution >= 0.6 is 0 Å². The number of hydrogen-bond acceptors (Lipinski definition) is 3. The number of nitrogens with zero attached hydrogens (tertiary/aromatic N) is 3. The van der Waals surface area contributed by atoms with Gasteiger partial charge in [0.15, 0.2) is 0 Å². The summed E-state index contributed by atoms with van der Waals surface area (Å²) in [5.74, 6) is 6.32. The first-order valence-corrected chi connectivity index (χ1v) is 20.4. The van der Waals surface area contributed by atoms with E-state index in [9.17, 15) is 0 Å². The van der Waals surface area contributed by atoms with Gasteiger partial charge < -0.3 is 0 Å². The van der Waals surface area contributed by atoms with Crippen molar-refractivity contribution in [1.82, 2.24) is 4.90 Å². The number of guanidine groups is 1. The van der Waals surface area contributed by atoms with Crippen LogP contribution in [0.4, 0.5) is 5.69 Å². The molecule has 0 amide bonds. The van der Waals surface area contributed by atoms with Crippen molar-refractivity contribution in [3.63, 3.8) is 0 Å². The molecule has 1 saturated heterocycles. The van der Waals surface area contributed by atoms with Crippen molar-refractivity contribution >= 4 is 33.7 Å². The topological polar surface area (TPSA) is 18.8 Å². The van der Waals surface area contributed by atoms with E-state index in [4.69, 9.17) is 4.99 Å². The Morgan fingerprint density at radius 3 is 2.05 bits per heavy atom. The van der Waals surface area contributed by atoms with Gasteiger partial charge in [-0.05, 0) is 0 Å². The number of hydrogen-bond donors (Lipinski definition) is 0. The number of rotatable bonds is 1. The minimum absolute atomic E-state index is 0.292. The van der Waals surface area contributed by atoms with Gasteiger partial charge in [0.1, 0.15) is 0 Å². The van der Waals surface area contributed by atoms with E-state index >= 15 is 0 Å². The molecule has 38 heavy (non-hydrogen) atoms. The number of aliphatic imine (C=N–C) groups is 1. The van der Waals surface area contributed by atoms with Gasteiger partial charge in [-0.2, -0.15) is 0 Å². The van der Waals surface area contributed by atoms with E-state index < -0.39 is 13.3 Å². The summed E-state index contributed by atoms with van der Waals surface area (Å²) in [5, 5.41) is 0. The molecule has 8 rings (SSSR count). The van der Waals surface area contributed by atoms with E-state index in [-0.39, 0.29) is 5.41 Å². The van der Waals surface area contributed by atoms with Gasteiger partial charge in [-0.15, -0.1) is 0 Å². The van der Waals surface area contributed by atoms with Crippen molar-refractivity contribution in [3.05, 3.63) is 113 Å². The molecule has 0 radical (unpaired) electrons. The molecule has 4 aromatic rings. The predicted molar refractivity (Wildman–Crippen MR) is 161 cm³/mol. The monoisotopic (exact) mass is 557 g/mol. The van der Waals surface area contributed by atoms with E-state index in [1.165, 1.54) is 51.4 Å². The van der Waals surface area contributed by atoms with E-state index in [0.29, 0.717) is 0 Å². The summed E-state index contributed by atoms with van der Waals surface area (Å²) in [4.78, 5) is 9.99. The fourth-order valence-corrected chi connectivity index (χ4v) is 14.6. The summed E-state index contributed by atoms with van der Waals surface area (Å²) >= 11 is -2.50. The second-order valence-corrected chi connectivity index (χ2v) is 20.8. The molecule has 188 valence electrons. The van der Waals surface area contributed by atoms with Crippen LogP contribution in [0.1, 0.15) is 35.1 Å². The van der Waals surface area contributed by atoms with Crippen LogP contribution in [0.2, 0.25) is 11.5 Å². The molecular formula is C34H33GeN3. The molecule has 0 atom stereocenters. The summed E-state index contributed by atoms with van der Waals surface area (Å²) in [6.07, 6.45) is 2.34. The molecule has 1 fully saturated rings. The van der Waals surface area contributed by atoms with Crippen LogP contribution < -0.4 is 13.7 Å². The average molecular weight is 556 g/mol. The summed E-state index contributed by atoms with van der Waals surface area (Å²) in [6, 6.07) is 35.2. The van der Waals surface area contributed by atoms with Gasteiger partial charge in [0.2, 0.25) is 0 Å². The molecule has 0 N–H and O–H groups in total. The first-order chi connectivity index (χ1) is 18.6. The second-order valence-electron chi connectivity index (χ2n) is 11.8. The van der Waals surface area contributed by atoms with Crippen molar-refractivity contribution in [2.75, 3.05) is 31.1 Å². The van der Waals surface area contributed by atoms with Crippen LogP contribution in [0.3, 0.4) is 0 Å². The SMILES string of the molecule is [CH3][Ge]1([CH3])[c]2ccccc2C2(c3ccccc3-c3ccc(N4CCCN5CCCN=C54)cc32)c2cccc[c]21. The van der Waals surface area contributed by atoms with Crippen molar-refractivity contribution in [2.24, 2.45) is 4.99 Å². The van der Waals surface area contributed by atoms with Crippen LogP contribution in [-0.2, 0) is 5.41 Å². The third-order valence-electron chi connectivity index (χ3n) is 9.52.